The summed E-state index contributed by atoms with van der Waals surface area (Å²) in [5, 5.41) is 0.402. The fourth-order valence-corrected chi connectivity index (χ4v) is 1.61. The maximum atomic E-state index is 5.89. The highest BCUT2D eigenvalue weighted by Gasteiger charge is 2.20. The van der Waals surface area contributed by atoms with Crippen LogP contribution in [0.1, 0.15) is 32.0 Å². The molecule has 0 amide bonds. The summed E-state index contributed by atoms with van der Waals surface area (Å²) in [7, 11) is 0. The fraction of sp³-hybridized carbons (Fsp3) is 0.636. The third-order valence-electron chi connectivity index (χ3n) is 2.49. The molecule has 4 nitrogen and oxygen atoms in total. The van der Waals surface area contributed by atoms with E-state index in [9.17, 15) is 0 Å². The van der Waals surface area contributed by atoms with Crippen LogP contribution in [0.5, 0.6) is 5.88 Å². The first-order chi connectivity index (χ1) is 7.78. The number of rotatable bonds is 5. The lowest BCUT2D eigenvalue weighted by atomic mass is 9.96. The van der Waals surface area contributed by atoms with Crippen LogP contribution < -0.4 is 4.74 Å². The average molecular weight is 243 g/mol. The van der Waals surface area contributed by atoms with Crippen LogP contribution in [0.25, 0.3) is 0 Å². The van der Waals surface area contributed by atoms with E-state index in [-0.39, 0.29) is 0 Å². The highest BCUT2D eigenvalue weighted by atomic mass is 35.5. The lowest BCUT2D eigenvalue weighted by Crippen LogP contribution is -2.25. The van der Waals surface area contributed by atoms with E-state index in [0.717, 1.165) is 12.8 Å². The topological polar surface area (TPSA) is 44.2 Å². The van der Waals surface area contributed by atoms with Crippen molar-refractivity contribution in [3.05, 3.63) is 17.0 Å². The molecule has 1 fully saturated rings. The first-order valence-corrected chi connectivity index (χ1v) is 5.93. The second-order valence-electron chi connectivity index (χ2n) is 3.75. The molecule has 0 unspecified atom stereocenters. The van der Waals surface area contributed by atoms with Gasteiger partial charge < -0.3 is 9.47 Å². The summed E-state index contributed by atoms with van der Waals surface area (Å²) in [6, 6.07) is 1.65. The Morgan fingerprint density at radius 2 is 2.25 bits per heavy atom. The molecule has 0 N–H and O–H groups in total. The zero-order valence-corrected chi connectivity index (χ0v) is 10.0. The summed E-state index contributed by atoms with van der Waals surface area (Å²) in [5.74, 6) is 1.13. The molecule has 16 heavy (non-hydrogen) atoms. The smallest absolute Gasteiger partial charge is 0.218 e. The first-order valence-electron chi connectivity index (χ1n) is 5.56. The third kappa shape index (κ3) is 3.06. The minimum absolute atomic E-state index is 0.297. The maximum absolute atomic E-state index is 5.89. The van der Waals surface area contributed by atoms with Gasteiger partial charge in [-0.3, -0.25) is 0 Å². The summed E-state index contributed by atoms with van der Waals surface area (Å²) < 4.78 is 10.9. The Hall–Kier alpha value is -0.870. The zero-order valence-electron chi connectivity index (χ0n) is 9.28. The molecule has 1 heterocycles. The van der Waals surface area contributed by atoms with Crippen molar-refractivity contribution < 1.29 is 9.47 Å². The third-order valence-corrected chi connectivity index (χ3v) is 2.69. The first kappa shape index (κ1) is 11.6. The highest BCUT2D eigenvalue weighted by Crippen LogP contribution is 2.25. The van der Waals surface area contributed by atoms with Gasteiger partial charge in [0.05, 0.1) is 0 Å². The van der Waals surface area contributed by atoms with Crippen molar-refractivity contribution in [2.24, 2.45) is 0 Å². The molecule has 5 heteroatoms. The van der Waals surface area contributed by atoms with Crippen molar-refractivity contribution >= 4 is 11.6 Å². The second-order valence-corrected chi connectivity index (χ2v) is 4.14. The molecule has 0 spiro atoms. The monoisotopic (exact) mass is 242 g/mol. The standard InChI is InChI=1S/C11H15ClN2O2/c1-2-15-7-10-13-9(12)6-11(14-10)16-8-4-3-5-8/h6,8H,2-5,7H2,1H3. The quantitative estimate of drug-likeness (QED) is 0.745. The van der Waals surface area contributed by atoms with Crippen molar-refractivity contribution in [3.8, 4) is 5.88 Å². The van der Waals surface area contributed by atoms with E-state index < -0.39 is 0 Å². The van der Waals surface area contributed by atoms with Gasteiger partial charge in [-0.25, -0.2) is 4.98 Å². The van der Waals surface area contributed by atoms with Crippen LogP contribution >= 0.6 is 11.6 Å². The summed E-state index contributed by atoms with van der Waals surface area (Å²) in [5.41, 5.74) is 0. The van der Waals surface area contributed by atoms with E-state index >= 15 is 0 Å². The molecular weight excluding hydrogens is 228 g/mol. The van der Waals surface area contributed by atoms with Gasteiger partial charge in [-0.1, -0.05) is 11.6 Å². The van der Waals surface area contributed by atoms with Gasteiger partial charge in [0.2, 0.25) is 5.88 Å². The predicted octanol–water partition coefficient (Wildman–Crippen LogP) is 2.60. The highest BCUT2D eigenvalue weighted by molar-refractivity contribution is 6.29. The van der Waals surface area contributed by atoms with Crippen LogP contribution in [0.3, 0.4) is 0 Å². The molecule has 1 saturated carbocycles. The Labute approximate surface area is 99.9 Å². The summed E-state index contributed by atoms with van der Waals surface area (Å²) in [4.78, 5) is 8.32. The molecular formula is C11H15ClN2O2. The molecule has 0 radical (unpaired) electrons. The fourth-order valence-electron chi connectivity index (χ4n) is 1.42. The number of aromatic nitrogens is 2. The van der Waals surface area contributed by atoms with Crippen LogP contribution in [-0.2, 0) is 11.3 Å². The Morgan fingerprint density at radius 3 is 2.88 bits per heavy atom. The van der Waals surface area contributed by atoms with Gasteiger partial charge in [0.1, 0.15) is 17.9 Å². The molecule has 0 atom stereocenters. The summed E-state index contributed by atoms with van der Waals surface area (Å²) in [6.45, 7) is 2.93. The molecule has 1 aliphatic rings. The molecule has 88 valence electrons. The average Bonchev–Trinajstić information content (AvgIpc) is 2.20. The van der Waals surface area contributed by atoms with Crippen molar-refractivity contribution in [3.63, 3.8) is 0 Å². The van der Waals surface area contributed by atoms with E-state index in [1.54, 1.807) is 6.07 Å². The van der Waals surface area contributed by atoms with Crippen LogP contribution in [0.15, 0.2) is 6.07 Å². The molecule has 2 rings (SSSR count). The van der Waals surface area contributed by atoms with Gasteiger partial charge in [0.25, 0.3) is 0 Å². The van der Waals surface area contributed by atoms with Gasteiger partial charge >= 0.3 is 0 Å². The van der Waals surface area contributed by atoms with Crippen molar-refractivity contribution in [1.29, 1.82) is 0 Å². The molecule has 1 aromatic heterocycles. The molecule has 1 aromatic rings. The number of halogens is 1. The summed E-state index contributed by atoms with van der Waals surface area (Å²) in [6.07, 6.45) is 3.73. The molecule has 1 aliphatic carbocycles. The Morgan fingerprint density at radius 1 is 1.44 bits per heavy atom. The van der Waals surface area contributed by atoms with E-state index in [0.29, 0.717) is 36.2 Å². The van der Waals surface area contributed by atoms with E-state index in [2.05, 4.69) is 9.97 Å². The van der Waals surface area contributed by atoms with Gasteiger partial charge in [-0.2, -0.15) is 4.98 Å². The Kier molecular flexibility index (Phi) is 3.96. The zero-order chi connectivity index (χ0) is 11.4. The minimum atomic E-state index is 0.297. The van der Waals surface area contributed by atoms with E-state index in [1.165, 1.54) is 6.42 Å². The van der Waals surface area contributed by atoms with Gasteiger partial charge in [0, 0.05) is 12.7 Å². The van der Waals surface area contributed by atoms with Crippen LogP contribution in [0.4, 0.5) is 0 Å². The van der Waals surface area contributed by atoms with Gasteiger partial charge in [-0.15, -0.1) is 0 Å². The Balaban J connectivity index is 2.02. The van der Waals surface area contributed by atoms with Crippen LogP contribution in [0, 0.1) is 0 Å². The second kappa shape index (κ2) is 5.46. The lowest BCUT2D eigenvalue weighted by molar-refractivity contribution is 0.108. The van der Waals surface area contributed by atoms with Crippen molar-refractivity contribution in [2.45, 2.75) is 38.9 Å². The SMILES string of the molecule is CCOCc1nc(Cl)cc(OC2CCC2)n1. The molecule has 0 bridgehead atoms. The van der Waals surface area contributed by atoms with E-state index in [4.69, 9.17) is 21.1 Å². The van der Waals surface area contributed by atoms with E-state index in [1.807, 2.05) is 6.92 Å². The number of hydrogen-bond donors (Lipinski definition) is 0. The minimum Gasteiger partial charge on any atom is -0.474 e. The normalized spacial score (nSPS) is 15.9. The van der Waals surface area contributed by atoms with Gasteiger partial charge in [0.15, 0.2) is 5.82 Å². The lowest BCUT2D eigenvalue weighted by Gasteiger charge is -2.25. The van der Waals surface area contributed by atoms with Crippen LogP contribution in [-0.4, -0.2) is 22.7 Å². The Bertz CT molecular complexity index is 356. The number of nitrogens with zero attached hydrogens (tertiary/aromatic N) is 2. The molecule has 0 aliphatic heterocycles. The summed E-state index contributed by atoms with van der Waals surface area (Å²) >= 11 is 5.89. The van der Waals surface area contributed by atoms with Crippen molar-refractivity contribution in [2.75, 3.05) is 6.61 Å². The number of hydrogen-bond acceptors (Lipinski definition) is 4. The molecule has 0 saturated heterocycles. The van der Waals surface area contributed by atoms with Crippen LogP contribution in [0.2, 0.25) is 5.15 Å². The predicted molar refractivity (Wildman–Crippen MR) is 60.6 cm³/mol. The van der Waals surface area contributed by atoms with Gasteiger partial charge in [-0.05, 0) is 26.2 Å². The number of ether oxygens (including phenoxy) is 2. The molecule has 0 aromatic carbocycles. The maximum Gasteiger partial charge on any atom is 0.218 e. The van der Waals surface area contributed by atoms with Crippen molar-refractivity contribution in [1.82, 2.24) is 9.97 Å². The largest absolute Gasteiger partial charge is 0.474 e.